The van der Waals surface area contributed by atoms with Crippen LogP contribution in [0.5, 0.6) is 0 Å². The van der Waals surface area contributed by atoms with Gasteiger partial charge in [-0.05, 0) is 65.5 Å². The summed E-state index contributed by atoms with van der Waals surface area (Å²) in [6.07, 6.45) is 0. The fraction of sp³-hybridized carbons (Fsp3) is 0.111. The molecule has 0 saturated heterocycles. The molecule has 0 aliphatic heterocycles. The molecule has 0 aromatic carbocycles. The zero-order valence-corrected chi connectivity index (χ0v) is 16.2. The molecule has 0 saturated carbocycles. The van der Waals surface area contributed by atoms with Crippen molar-refractivity contribution in [1.29, 1.82) is 0 Å². The van der Waals surface area contributed by atoms with E-state index in [1.165, 1.54) is 10.4 Å². The molecule has 0 aliphatic rings. The van der Waals surface area contributed by atoms with E-state index in [1.54, 1.807) is 22.7 Å². The topological polar surface area (TPSA) is 0 Å². The maximum Gasteiger partial charge on any atom is 0.107 e. The smallest absolute Gasteiger partial charge is 0.107 e. The monoisotopic (exact) mass is 526 g/mol. The van der Waals surface area contributed by atoms with Crippen LogP contribution >= 0.6 is 98.0 Å². The largest absolute Gasteiger partial charge is 0.126 e. The first kappa shape index (κ1) is 14.0. The van der Waals surface area contributed by atoms with Crippen LogP contribution in [0.1, 0.15) is 15.3 Å². The van der Waals surface area contributed by atoms with Gasteiger partial charge < -0.3 is 0 Å². The van der Waals surface area contributed by atoms with Crippen molar-refractivity contribution in [3.05, 3.63) is 39.0 Å². The number of hydrogen-bond acceptors (Lipinski definition) is 2. The van der Waals surface area contributed by atoms with Crippen LogP contribution in [0.2, 0.25) is 4.34 Å². The van der Waals surface area contributed by atoms with Gasteiger partial charge in [0.1, 0.15) is 4.34 Å². The zero-order valence-electron chi connectivity index (χ0n) is 7.44. The fourth-order valence-corrected chi connectivity index (χ4v) is 7.04. The number of halogens is 5. The number of thiophene rings is 2. The predicted octanol–water partition coefficient (Wildman–Crippen LogP) is 7.23. The molecule has 0 spiro atoms. The highest BCUT2D eigenvalue weighted by atomic mass is 79.9. The SMILES string of the molecule is Clc1sc(C(Br)c2cc(Br)sc2Br)cc1Br. The van der Waals surface area contributed by atoms with Gasteiger partial charge in [-0.15, -0.1) is 22.7 Å². The van der Waals surface area contributed by atoms with Crippen molar-refractivity contribution >= 4 is 98.0 Å². The Morgan fingerprint density at radius 1 is 1.12 bits per heavy atom. The molecule has 2 aromatic rings. The molecule has 0 fully saturated rings. The van der Waals surface area contributed by atoms with Crippen LogP contribution in [-0.2, 0) is 0 Å². The van der Waals surface area contributed by atoms with Crippen LogP contribution in [0.3, 0.4) is 0 Å². The second kappa shape index (κ2) is 5.72. The normalized spacial score (nSPS) is 13.1. The minimum absolute atomic E-state index is 0.165. The Morgan fingerprint density at radius 2 is 1.81 bits per heavy atom. The van der Waals surface area contributed by atoms with Gasteiger partial charge in [0.05, 0.1) is 12.4 Å². The van der Waals surface area contributed by atoms with Crippen molar-refractivity contribution in [2.45, 2.75) is 4.83 Å². The summed E-state index contributed by atoms with van der Waals surface area (Å²) in [4.78, 5) is 1.35. The van der Waals surface area contributed by atoms with Crippen molar-refractivity contribution in [2.24, 2.45) is 0 Å². The van der Waals surface area contributed by atoms with Gasteiger partial charge in [-0.3, -0.25) is 0 Å². The van der Waals surface area contributed by atoms with Crippen molar-refractivity contribution < 1.29 is 0 Å². The first-order valence-electron chi connectivity index (χ1n) is 4.02. The molecule has 86 valence electrons. The summed E-state index contributed by atoms with van der Waals surface area (Å²) in [6.45, 7) is 0. The van der Waals surface area contributed by atoms with Crippen molar-refractivity contribution in [3.8, 4) is 0 Å². The Labute approximate surface area is 140 Å². The molecule has 2 rings (SSSR count). The lowest BCUT2D eigenvalue weighted by molar-refractivity contribution is 1.23. The minimum Gasteiger partial charge on any atom is -0.126 e. The second-order valence-electron chi connectivity index (χ2n) is 2.91. The molecule has 2 heterocycles. The van der Waals surface area contributed by atoms with Crippen LogP contribution in [0.4, 0.5) is 0 Å². The molecule has 0 N–H and O–H groups in total. The summed E-state index contributed by atoms with van der Waals surface area (Å²) in [5.74, 6) is 0. The van der Waals surface area contributed by atoms with E-state index in [9.17, 15) is 0 Å². The highest BCUT2D eigenvalue weighted by Gasteiger charge is 2.19. The third-order valence-electron chi connectivity index (χ3n) is 1.87. The number of rotatable bonds is 2. The molecule has 7 heteroatoms. The predicted molar refractivity (Wildman–Crippen MR) is 87.5 cm³/mol. The lowest BCUT2D eigenvalue weighted by atomic mass is 10.2. The van der Waals surface area contributed by atoms with Gasteiger partial charge >= 0.3 is 0 Å². The van der Waals surface area contributed by atoms with Crippen LogP contribution in [0, 0.1) is 0 Å². The van der Waals surface area contributed by atoms with Crippen LogP contribution in [-0.4, -0.2) is 0 Å². The van der Waals surface area contributed by atoms with E-state index < -0.39 is 0 Å². The van der Waals surface area contributed by atoms with Crippen molar-refractivity contribution in [3.63, 3.8) is 0 Å². The maximum absolute atomic E-state index is 6.04. The fourth-order valence-electron chi connectivity index (χ4n) is 1.17. The van der Waals surface area contributed by atoms with Crippen LogP contribution in [0.25, 0.3) is 0 Å². The molecule has 0 amide bonds. The maximum atomic E-state index is 6.04. The van der Waals surface area contributed by atoms with E-state index in [-0.39, 0.29) is 4.83 Å². The van der Waals surface area contributed by atoms with E-state index in [0.717, 1.165) is 16.4 Å². The van der Waals surface area contributed by atoms with Gasteiger partial charge in [-0.1, -0.05) is 27.5 Å². The summed E-state index contributed by atoms with van der Waals surface area (Å²) in [5.41, 5.74) is 1.21. The molecule has 16 heavy (non-hydrogen) atoms. The Bertz CT molecular complexity index is 500. The molecular weight excluding hydrogens is 527 g/mol. The molecule has 0 radical (unpaired) electrons. The van der Waals surface area contributed by atoms with Crippen molar-refractivity contribution in [2.75, 3.05) is 0 Å². The lowest BCUT2D eigenvalue weighted by Crippen LogP contribution is -1.86. The van der Waals surface area contributed by atoms with E-state index in [2.05, 4.69) is 69.8 Å². The third kappa shape index (κ3) is 2.95. The minimum atomic E-state index is 0.165. The molecule has 1 unspecified atom stereocenters. The van der Waals surface area contributed by atoms with Crippen LogP contribution in [0.15, 0.2) is 24.2 Å². The zero-order chi connectivity index (χ0) is 11.9. The summed E-state index contributed by atoms with van der Waals surface area (Å²) < 4.78 is 3.97. The average Bonchev–Trinajstić information content (AvgIpc) is 2.70. The third-order valence-corrected chi connectivity index (χ3v) is 8.08. The highest BCUT2D eigenvalue weighted by Crippen LogP contribution is 2.46. The van der Waals surface area contributed by atoms with Gasteiger partial charge in [-0.2, -0.15) is 0 Å². The highest BCUT2D eigenvalue weighted by molar-refractivity contribution is 9.12. The van der Waals surface area contributed by atoms with E-state index in [0.29, 0.717) is 0 Å². The van der Waals surface area contributed by atoms with Gasteiger partial charge in [0.25, 0.3) is 0 Å². The summed E-state index contributed by atoms with van der Waals surface area (Å²) in [5, 5.41) is 0. The molecule has 0 nitrogen and oxygen atoms in total. The Hall–Kier alpha value is 1.61. The molecule has 0 bridgehead atoms. The van der Waals surface area contributed by atoms with Crippen LogP contribution < -0.4 is 0 Å². The van der Waals surface area contributed by atoms with Gasteiger partial charge in [0.15, 0.2) is 0 Å². The summed E-state index contributed by atoms with van der Waals surface area (Å²) in [6, 6.07) is 4.15. The van der Waals surface area contributed by atoms with Gasteiger partial charge in [-0.25, -0.2) is 0 Å². The van der Waals surface area contributed by atoms with Gasteiger partial charge in [0.2, 0.25) is 0 Å². The quantitative estimate of drug-likeness (QED) is 0.360. The summed E-state index contributed by atoms with van der Waals surface area (Å²) >= 11 is 23.4. The Kier molecular flexibility index (Phi) is 5.01. The molecule has 1 atom stereocenters. The van der Waals surface area contributed by atoms with Crippen molar-refractivity contribution in [1.82, 2.24) is 0 Å². The van der Waals surface area contributed by atoms with E-state index in [4.69, 9.17) is 11.6 Å². The van der Waals surface area contributed by atoms with E-state index in [1.807, 2.05) is 6.07 Å². The standard InChI is InChI=1S/C9H3Br4ClS2/c10-4-2-5(15-9(4)14)7(12)3-1-6(11)16-8(3)13/h1-2,7H. The summed E-state index contributed by atoms with van der Waals surface area (Å²) in [7, 11) is 0. The second-order valence-corrected chi connectivity index (χ2v) is 10.1. The number of alkyl halides is 1. The lowest BCUT2D eigenvalue weighted by Gasteiger charge is -2.05. The first-order valence-corrected chi connectivity index (χ1v) is 9.33. The first-order chi connectivity index (χ1) is 7.49. The van der Waals surface area contributed by atoms with Gasteiger partial charge in [0, 0.05) is 9.35 Å². The number of hydrogen-bond donors (Lipinski definition) is 0. The van der Waals surface area contributed by atoms with E-state index >= 15 is 0 Å². The molecule has 2 aromatic heterocycles. The molecular formula is C9H3Br4ClS2. The average molecular weight is 530 g/mol. The Balaban J connectivity index is 2.38. The molecule has 0 aliphatic carbocycles. The Morgan fingerprint density at radius 3 is 2.25 bits per heavy atom.